The van der Waals surface area contributed by atoms with Gasteiger partial charge in [-0.05, 0) is 18.9 Å². The molecule has 0 fully saturated rings. The second-order valence-electron chi connectivity index (χ2n) is 3.64. The maximum atomic E-state index is 13.4. The first-order chi connectivity index (χ1) is 8.81. The molecule has 0 aromatic heterocycles. The number of halogens is 2. The molecule has 0 saturated carbocycles. The zero-order valence-electron chi connectivity index (χ0n) is 9.71. The summed E-state index contributed by atoms with van der Waals surface area (Å²) in [6.45, 7) is -0.0335. The lowest BCUT2D eigenvalue weighted by molar-refractivity contribution is -0.386. The Labute approximate surface area is 113 Å². The molecule has 0 amide bonds. The Balaban J connectivity index is 2.56. The summed E-state index contributed by atoms with van der Waals surface area (Å²) in [6, 6.07) is 3.38. The van der Waals surface area contributed by atoms with Gasteiger partial charge in [-0.25, -0.2) is 12.8 Å². The maximum absolute atomic E-state index is 13.4. The molecular formula is C10H11ClFNO5S. The van der Waals surface area contributed by atoms with Crippen molar-refractivity contribution in [2.45, 2.75) is 12.8 Å². The van der Waals surface area contributed by atoms with Crippen LogP contribution in [0.5, 0.6) is 5.75 Å². The summed E-state index contributed by atoms with van der Waals surface area (Å²) in [4.78, 5) is 9.91. The highest BCUT2D eigenvalue weighted by Crippen LogP contribution is 2.29. The van der Waals surface area contributed by atoms with Crippen LogP contribution in [0.4, 0.5) is 10.1 Å². The Kier molecular flexibility index (Phi) is 5.49. The molecule has 0 atom stereocenters. The van der Waals surface area contributed by atoms with Crippen molar-refractivity contribution in [1.29, 1.82) is 0 Å². The molecule has 1 rings (SSSR count). The number of nitrogens with zero attached hydrogens (tertiary/aromatic N) is 1. The van der Waals surface area contributed by atoms with Crippen molar-refractivity contribution >= 4 is 25.4 Å². The highest BCUT2D eigenvalue weighted by molar-refractivity contribution is 8.13. The molecule has 106 valence electrons. The van der Waals surface area contributed by atoms with E-state index in [0.29, 0.717) is 0 Å². The first kappa shape index (κ1) is 15.6. The van der Waals surface area contributed by atoms with Crippen LogP contribution in [0.2, 0.25) is 0 Å². The molecule has 0 saturated heterocycles. The Morgan fingerprint density at radius 3 is 2.63 bits per heavy atom. The monoisotopic (exact) mass is 311 g/mol. The molecule has 0 bridgehead atoms. The van der Waals surface area contributed by atoms with E-state index >= 15 is 0 Å². The fraction of sp³-hybridized carbons (Fsp3) is 0.400. The Bertz CT molecular complexity index is 563. The molecule has 0 heterocycles. The third-order valence-electron chi connectivity index (χ3n) is 2.17. The van der Waals surface area contributed by atoms with Gasteiger partial charge in [-0.1, -0.05) is 6.07 Å². The molecule has 1 aromatic carbocycles. The van der Waals surface area contributed by atoms with E-state index in [1.807, 2.05) is 0 Å². The van der Waals surface area contributed by atoms with E-state index in [2.05, 4.69) is 0 Å². The number of para-hydroxylation sites is 1. The lowest BCUT2D eigenvalue weighted by Gasteiger charge is -2.07. The summed E-state index contributed by atoms with van der Waals surface area (Å²) < 4.78 is 39.6. The van der Waals surface area contributed by atoms with E-state index in [9.17, 15) is 22.9 Å². The van der Waals surface area contributed by atoms with Gasteiger partial charge >= 0.3 is 5.69 Å². The first-order valence-corrected chi connectivity index (χ1v) is 7.77. The van der Waals surface area contributed by atoms with Crippen molar-refractivity contribution in [2.24, 2.45) is 0 Å². The van der Waals surface area contributed by atoms with Gasteiger partial charge in [0, 0.05) is 16.7 Å². The predicted octanol–water partition coefficient (Wildman–Crippen LogP) is 2.46. The summed E-state index contributed by atoms with van der Waals surface area (Å²) in [5.41, 5.74) is -0.468. The standard InChI is InChI=1S/C10H11ClFNO5S/c11-19(16,17)7-2-1-6-18-10-8(12)4-3-5-9(10)13(14)15/h3-5H,1-2,6-7H2. The number of rotatable bonds is 7. The first-order valence-electron chi connectivity index (χ1n) is 5.29. The molecule has 0 N–H and O–H groups in total. The zero-order valence-corrected chi connectivity index (χ0v) is 11.3. The average Bonchev–Trinajstić information content (AvgIpc) is 2.28. The topological polar surface area (TPSA) is 86.5 Å². The minimum atomic E-state index is -3.56. The van der Waals surface area contributed by atoms with E-state index in [-0.39, 0.29) is 25.2 Å². The van der Waals surface area contributed by atoms with Gasteiger partial charge in [0.05, 0.1) is 17.3 Å². The van der Waals surface area contributed by atoms with Crippen LogP contribution in [-0.2, 0) is 9.05 Å². The van der Waals surface area contributed by atoms with E-state index in [0.717, 1.165) is 12.1 Å². The average molecular weight is 312 g/mol. The fourth-order valence-corrected chi connectivity index (χ4v) is 2.21. The smallest absolute Gasteiger partial charge is 0.314 e. The molecule has 0 aliphatic carbocycles. The molecule has 0 radical (unpaired) electrons. The van der Waals surface area contributed by atoms with Gasteiger partial charge in [0.15, 0.2) is 5.82 Å². The van der Waals surface area contributed by atoms with Crippen LogP contribution in [0.3, 0.4) is 0 Å². The third kappa shape index (κ3) is 5.39. The number of unbranched alkanes of at least 4 members (excludes halogenated alkanes) is 1. The van der Waals surface area contributed by atoms with E-state index in [4.69, 9.17) is 15.4 Å². The summed E-state index contributed by atoms with van der Waals surface area (Å²) >= 11 is 0. The largest absolute Gasteiger partial charge is 0.485 e. The van der Waals surface area contributed by atoms with Gasteiger partial charge < -0.3 is 4.74 Å². The lowest BCUT2D eigenvalue weighted by atomic mass is 10.3. The molecule has 0 unspecified atom stereocenters. The summed E-state index contributed by atoms with van der Waals surface area (Å²) in [5.74, 6) is -1.50. The molecule has 0 aliphatic rings. The number of nitro groups is 1. The van der Waals surface area contributed by atoms with Gasteiger partial charge in [0.25, 0.3) is 0 Å². The second-order valence-corrected chi connectivity index (χ2v) is 6.54. The van der Waals surface area contributed by atoms with Crippen molar-refractivity contribution in [1.82, 2.24) is 0 Å². The molecule has 6 nitrogen and oxygen atoms in total. The van der Waals surface area contributed by atoms with Gasteiger partial charge in [-0.15, -0.1) is 0 Å². The van der Waals surface area contributed by atoms with Crippen LogP contribution in [0, 0.1) is 15.9 Å². The minimum absolute atomic E-state index is 0.0335. The minimum Gasteiger partial charge on any atom is -0.485 e. The zero-order chi connectivity index (χ0) is 14.5. The SMILES string of the molecule is O=[N+]([O-])c1cccc(F)c1OCCCCS(=O)(=O)Cl. The second kappa shape index (κ2) is 6.67. The van der Waals surface area contributed by atoms with E-state index in [1.165, 1.54) is 6.07 Å². The van der Waals surface area contributed by atoms with Crippen LogP contribution in [0.15, 0.2) is 18.2 Å². The van der Waals surface area contributed by atoms with Gasteiger partial charge in [0.2, 0.25) is 14.8 Å². The van der Waals surface area contributed by atoms with Crippen molar-refractivity contribution in [3.8, 4) is 5.75 Å². The Hall–Kier alpha value is -1.41. The highest BCUT2D eigenvalue weighted by atomic mass is 35.7. The Morgan fingerprint density at radius 1 is 1.37 bits per heavy atom. The number of ether oxygens (including phenoxy) is 1. The van der Waals surface area contributed by atoms with E-state index < -0.39 is 31.2 Å². The maximum Gasteiger partial charge on any atom is 0.314 e. The lowest BCUT2D eigenvalue weighted by Crippen LogP contribution is -2.05. The van der Waals surface area contributed by atoms with Crippen LogP contribution < -0.4 is 4.74 Å². The number of hydrogen-bond donors (Lipinski definition) is 0. The van der Waals surface area contributed by atoms with Crippen molar-refractivity contribution in [3.05, 3.63) is 34.1 Å². The van der Waals surface area contributed by atoms with Gasteiger partial charge in [0.1, 0.15) is 0 Å². The molecular weight excluding hydrogens is 301 g/mol. The molecule has 0 spiro atoms. The van der Waals surface area contributed by atoms with Gasteiger partial charge in [-0.2, -0.15) is 0 Å². The summed E-state index contributed by atoms with van der Waals surface area (Å²) in [7, 11) is 1.44. The summed E-state index contributed by atoms with van der Waals surface area (Å²) in [5, 5.41) is 10.7. The molecule has 1 aromatic rings. The summed E-state index contributed by atoms with van der Waals surface area (Å²) in [6.07, 6.45) is 0.519. The van der Waals surface area contributed by atoms with Gasteiger partial charge in [-0.3, -0.25) is 10.1 Å². The van der Waals surface area contributed by atoms with Crippen molar-refractivity contribution in [2.75, 3.05) is 12.4 Å². The quantitative estimate of drug-likeness (QED) is 0.334. The van der Waals surface area contributed by atoms with Crippen LogP contribution in [-0.4, -0.2) is 25.7 Å². The van der Waals surface area contributed by atoms with Crippen molar-refractivity contribution < 1.29 is 22.5 Å². The Morgan fingerprint density at radius 2 is 2.05 bits per heavy atom. The molecule has 19 heavy (non-hydrogen) atoms. The fourth-order valence-electron chi connectivity index (χ4n) is 1.33. The molecule has 9 heteroatoms. The number of benzene rings is 1. The van der Waals surface area contributed by atoms with Crippen molar-refractivity contribution in [3.63, 3.8) is 0 Å². The molecule has 0 aliphatic heterocycles. The predicted molar refractivity (Wildman–Crippen MR) is 67.4 cm³/mol. The number of nitro benzene ring substituents is 1. The normalized spacial score (nSPS) is 11.3. The van der Waals surface area contributed by atoms with Crippen LogP contribution in [0.25, 0.3) is 0 Å². The van der Waals surface area contributed by atoms with Crippen LogP contribution in [0.1, 0.15) is 12.8 Å². The third-order valence-corrected chi connectivity index (χ3v) is 3.41. The van der Waals surface area contributed by atoms with E-state index in [1.54, 1.807) is 0 Å². The van der Waals surface area contributed by atoms with Crippen LogP contribution >= 0.6 is 10.7 Å². The highest BCUT2D eigenvalue weighted by Gasteiger charge is 2.19. The number of hydrogen-bond acceptors (Lipinski definition) is 5.